The number of carbonyl (C=O) groups excluding carboxylic acids is 3. The average Bonchev–Trinajstić information content (AvgIpc) is 2.92. The fourth-order valence-electron chi connectivity index (χ4n) is 4.28. The summed E-state index contributed by atoms with van der Waals surface area (Å²) in [5.41, 5.74) is 0.948. The molecule has 2 fully saturated rings. The maximum absolute atomic E-state index is 12.5. The van der Waals surface area contributed by atoms with Crippen LogP contribution in [0.2, 0.25) is 5.02 Å². The highest BCUT2D eigenvalue weighted by molar-refractivity contribution is 6.31. The van der Waals surface area contributed by atoms with Gasteiger partial charge in [0.15, 0.2) is 0 Å². The Morgan fingerprint density at radius 1 is 1.18 bits per heavy atom. The van der Waals surface area contributed by atoms with Gasteiger partial charge < -0.3 is 10.2 Å². The number of likely N-dealkylation sites (N-methyl/N-ethyl adjacent to an activating group) is 1. The van der Waals surface area contributed by atoms with E-state index < -0.39 is 0 Å². The van der Waals surface area contributed by atoms with Crippen molar-refractivity contribution >= 4 is 29.3 Å². The van der Waals surface area contributed by atoms with E-state index in [9.17, 15) is 14.4 Å². The molecule has 7 heteroatoms. The smallest absolute Gasteiger partial charge is 0.233 e. The number of nitrogens with zero attached hydrogens (tertiary/aromatic N) is 2. The Kier molecular flexibility index (Phi) is 6.73. The molecule has 1 aliphatic heterocycles. The van der Waals surface area contributed by atoms with Crippen LogP contribution in [0.1, 0.15) is 43.7 Å². The zero-order chi connectivity index (χ0) is 20.3. The molecule has 1 aromatic rings. The largest absolute Gasteiger partial charge is 0.354 e. The summed E-state index contributed by atoms with van der Waals surface area (Å²) in [7, 11) is 3.87. The third kappa shape index (κ3) is 4.39. The normalized spacial score (nSPS) is 23.1. The van der Waals surface area contributed by atoms with E-state index in [0.717, 1.165) is 31.2 Å². The lowest BCUT2D eigenvalue weighted by molar-refractivity contribution is -0.140. The van der Waals surface area contributed by atoms with Gasteiger partial charge in [-0.3, -0.25) is 19.3 Å². The van der Waals surface area contributed by atoms with Crippen molar-refractivity contribution in [3.63, 3.8) is 0 Å². The van der Waals surface area contributed by atoms with Crippen LogP contribution in [-0.2, 0) is 14.4 Å². The summed E-state index contributed by atoms with van der Waals surface area (Å²) < 4.78 is 0. The molecular weight excluding hydrogens is 378 g/mol. The van der Waals surface area contributed by atoms with Crippen LogP contribution in [0.25, 0.3) is 0 Å². The number of hydrogen-bond acceptors (Lipinski definition) is 4. The Balaban J connectivity index is 1.53. The summed E-state index contributed by atoms with van der Waals surface area (Å²) in [5, 5.41) is 3.58. The molecule has 0 radical (unpaired) electrons. The maximum Gasteiger partial charge on any atom is 0.233 e. The first-order valence-electron chi connectivity index (χ1n) is 9.93. The zero-order valence-electron chi connectivity index (χ0n) is 16.5. The van der Waals surface area contributed by atoms with Gasteiger partial charge in [-0.15, -0.1) is 0 Å². The number of amides is 3. The third-order valence-electron chi connectivity index (χ3n) is 5.88. The summed E-state index contributed by atoms with van der Waals surface area (Å²) >= 11 is 6.30. The summed E-state index contributed by atoms with van der Waals surface area (Å²) in [6, 6.07) is 7.51. The van der Waals surface area contributed by atoms with Crippen molar-refractivity contribution in [3.8, 4) is 0 Å². The molecule has 1 heterocycles. The molecule has 0 spiro atoms. The number of fused-ring (bicyclic) bond motifs is 1. The van der Waals surface area contributed by atoms with Crippen LogP contribution < -0.4 is 5.32 Å². The van der Waals surface area contributed by atoms with E-state index in [-0.39, 0.29) is 48.6 Å². The predicted octanol–water partition coefficient (Wildman–Crippen LogP) is 2.62. The van der Waals surface area contributed by atoms with Gasteiger partial charge in [0.2, 0.25) is 17.7 Å². The lowest BCUT2D eigenvalue weighted by atomic mass is 9.81. The van der Waals surface area contributed by atoms with Gasteiger partial charge in [0.05, 0.1) is 17.9 Å². The van der Waals surface area contributed by atoms with Crippen LogP contribution in [0.3, 0.4) is 0 Å². The lowest BCUT2D eigenvalue weighted by Gasteiger charge is -2.26. The second-order valence-electron chi connectivity index (χ2n) is 7.88. The second kappa shape index (κ2) is 9.05. The number of imide groups is 1. The fourth-order valence-corrected chi connectivity index (χ4v) is 4.54. The molecule has 1 aromatic carbocycles. The molecule has 1 saturated carbocycles. The summed E-state index contributed by atoms with van der Waals surface area (Å²) in [5.74, 6) is -0.686. The first kappa shape index (κ1) is 20.8. The second-order valence-corrected chi connectivity index (χ2v) is 8.29. The number of likely N-dealkylation sites (tertiary alicyclic amines) is 1. The molecule has 1 saturated heterocycles. The molecule has 0 bridgehead atoms. The Bertz CT molecular complexity index is 728. The van der Waals surface area contributed by atoms with Crippen molar-refractivity contribution in [2.45, 2.75) is 38.1 Å². The monoisotopic (exact) mass is 405 g/mol. The van der Waals surface area contributed by atoms with Crippen molar-refractivity contribution in [1.29, 1.82) is 0 Å². The highest BCUT2D eigenvalue weighted by Crippen LogP contribution is 2.38. The molecule has 152 valence electrons. The van der Waals surface area contributed by atoms with Gasteiger partial charge in [-0.1, -0.05) is 42.6 Å². The van der Waals surface area contributed by atoms with E-state index in [0.29, 0.717) is 11.6 Å². The molecule has 6 nitrogen and oxygen atoms in total. The number of rotatable bonds is 7. The highest BCUT2D eigenvalue weighted by Gasteiger charge is 2.47. The van der Waals surface area contributed by atoms with E-state index in [1.54, 1.807) is 0 Å². The molecule has 1 N–H and O–H groups in total. The molecule has 28 heavy (non-hydrogen) atoms. The van der Waals surface area contributed by atoms with E-state index >= 15 is 0 Å². The van der Waals surface area contributed by atoms with Crippen molar-refractivity contribution in [2.75, 3.05) is 27.2 Å². The van der Waals surface area contributed by atoms with Crippen LogP contribution in [0, 0.1) is 11.8 Å². The number of carbonyl (C=O) groups is 3. The van der Waals surface area contributed by atoms with Crippen LogP contribution in [0.4, 0.5) is 0 Å². The molecule has 3 atom stereocenters. The molecule has 0 unspecified atom stereocenters. The average molecular weight is 406 g/mol. The summed E-state index contributed by atoms with van der Waals surface area (Å²) in [4.78, 5) is 40.6. The molecule has 3 rings (SSSR count). The maximum atomic E-state index is 12.5. The first-order valence-corrected chi connectivity index (χ1v) is 10.3. The van der Waals surface area contributed by atoms with Crippen LogP contribution in [-0.4, -0.2) is 54.7 Å². The van der Waals surface area contributed by atoms with E-state index in [1.165, 1.54) is 4.90 Å². The minimum absolute atomic E-state index is 0.0597. The van der Waals surface area contributed by atoms with E-state index in [1.807, 2.05) is 43.3 Å². The van der Waals surface area contributed by atoms with Gasteiger partial charge in [0.1, 0.15) is 0 Å². The minimum atomic E-state index is -0.172. The quantitative estimate of drug-likeness (QED) is 0.708. The van der Waals surface area contributed by atoms with Gasteiger partial charge in [-0.2, -0.15) is 0 Å². The van der Waals surface area contributed by atoms with Gasteiger partial charge in [0, 0.05) is 24.5 Å². The third-order valence-corrected chi connectivity index (χ3v) is 6.22. The topological polar surface area (TPSA) is 69.7 Å². The Morgan fingerprint density at radius 3 is 2.36 bits per heavy atom. The molecule has 2 aliphatic rings. The summed E-state index contributed by atoms with van der Waals surface area (Å²) in [6.45, 7) is 0.567. The predicted molar refractivity (Wildman–Crippen MR) is 108 cm³/mol. The van der Waals surface area contributed by atoms with Crippen molar-refractivity contribution in [1.82, 2.24) is 15.1 Å². The number of halogens is 1. The number of hydrogen-bond donors (Lipinski definition) is 1. The SMILES string of the molecule is CN(C)[C@@H](CNC(=O)CCN1C(=O)[C@H]2CCCC[C@@H]2C1=O)c1ccccc1Cl. The van der Waals surface area contributed by atoms with E-state index in [4.69, 9.17) is 11.6 Å². The van der Waals surface area contributed by atoms with Gasteiger partial charge >= 0.3 is 0 Å². The summed E-state index contributed by atoms with van der Waals surface area (Å²) in [6.07, 6.45) is 3.71. The minimum Gasteiger partial charge on any atom is -0.354 e. The van der Waals surface area contributed by atoms with Gasteiger partial charge in [-0.25, -0.2) is 0 Å². The first-order chi connectivity index (χ1) is 13.4. The van der Waals surface area contributed by atoms with Crippen LogP contribution in [0.5, 0.6) is 0 Å². The molecule has 1 aliphatic carbocycles. The van der Waals surface area contributed by atoms with Crippen molar-refractivity contribution < 1.29 is 14.4 Å². The van der Waals surface area contributed by atoms with Crippen LogP contribution >= 0.6 is 11.6 Å². The lowest BCUT2D eigenvalue weighted by Crippen LogP contribution is -2.38. The zero-order valence-corrected chi connectivity index (χ0v) is 17.2. The van der Waals surface area contributed by atoms with Gasteiger partial charge in [-0.05, 0) is 38.6 Å². The van der Waals surface area contributed by atoms with Crippen LogP contribution in [0.15, 0.2) is 24.3 Å². The number of nitrogens with one attached hydrogen (secondary N) is 1. The Labute approximate surface area is 171 Å². The highest BCUT2D eigenvalue weighted by atomic mass is 35.5. The fraction of sp³-hybridized carbons (Fsp3) is 0.571. The Morgan fingerprint density at radius 2 is 1.79 bits per heavy atom. The molecular formula is C21H28ClN3O3. The van der Waals surface area contributed by atoms with Gasteiger partial charge in [0.25, 0.3) is 0 Å². The Hall–Kier alpha value is -1.92. The standard InChI is InChI=1S/C21H28ClN3O3/c1-24(2)18(16-9-5-6-10-17(16)22)13-23-19(26)11-12-25-20(27)14-7-3-4-8-15(14)21(25)28/h5-6,9-10,14-15,18H,3-4,7-8,11-13H2,1-2H3,(H,23,26)/t14-,15-,18-/m0/s1. The molecule has 3 amide bonds. The van der Waals surface area contributed by atoms with Crippen molar-refractivity contribution in [2.24, 2.45) is 11.8 Å². The number of benzene rings is 1. The van der Waals surface area contributed by atoms with E-state index in [2.05, 4.69) is 5.32 Å². The van der Waals surface area contributed by atoms with Crippen molar-refractivity contribution in [3.05, 3.63) is 34.9 Å². The molecule has 0 aromatic heterocycles.